The lowest BCUT2D eigenvalue weighted by atomic mass is 10.0. The van der Waals surface area contributed by atoms with Crippen molar-refractivity contribution in [1.29, 1.82) is 5.26 Å². The van der Waals surface area contributed by atoms with Crippen molar-refractivity contribution in [1.82, 2.24) is 0 Å². The average Bonchev–Trinajstić information content (AvgIpc) is 2.69. The fraction of sp³-hybridized carbons (Fsp3) is 0.0476. The van der Waals surface area contributed by atoms with Crippen LogP contribution in [0.15, 0.2) is 72.8 Å². The molecule has 3 aromatic rings. The lowest BCUT2D eigenvalue weighted by Gasteiger charge is -2.38. The van der Waals surface area contributed by atoms with E-state index in [-0.39, 0.29) is 11.7 Å². The Kier molecular flexibility index (Phi) is 3.86. The largest absolute Gasteiger partial charge is 0.360 e. The molecule has 4 rings (SSSR count). The molecule has 3 aromatic carbocycles. The summed E-state index contributed by atoms with van der Waals surface area (Å²) in [5, 5.41) is 12.4. The van der Waals surface area contributed by atoms with Crippen LogP contribution in [0.1, 0.15) is 27.7 Å². The van der Waals surface area contributed by atoms with Crippen molar-refractivity contribution in [2.45, 2.75) is 6.17 Å². The molecule has 0 aromatic heterocycles. The van der Waals surface area contributed by atoms with Gasteiger partial charge in [0.05, 0.1) is 17.2 Å². The van der Waals surface area contributed by atoms with E-state index >= 15 is 0 Å². The molecule has 0 radical (unpaired) electrons. The van der Waals surface area contributed by atoms with E-state index in [1.54, 1.807) is 35.2 Å². The fourth-order valence-electron chi connectivity index (χ4n) is 3.09. The summed E-state index contributed by atoms with van der Waals surface area (Å²) in [6.07, 6.45) is -0.462. The first-order valence-corrected chi connectivity index (χ1v) is 8.12. The van der Waals surface area contributed by atoms with Gasteiger partial charge in [-0.25, -0.2) is 4.39 Å². The molecule has 0 fully saturated rings. The minimum Gasteiger partial charge on any atom is -0.360 e. The molecular formula is C21H14FN3O. The maximum absolute atomic E-state index is 13.3. The van der Waals surface area contributed by atoms with Gasteiger partial charge in [-0.15, -0.1) is 0 Å². The second kappa shape index (κ2) is 6.34. The third kappa shape index (κ3) is 2.68. The Morgan fingerprint density at radius 3 is 2.35 bits per heavy atom. The molecule has 0 saturated carbocycles. The number of hydrogen-bond acceptors (Lipinski definition) is 3. The number of anilines is 2. The van der Waals surface area contributed by atoms with Crippen LogP contribution in [0.2, 0.25) is 0 Å². The lowest BCUT2D eigenvalue weighted by molar-refractivity contribution is 0.0975. The Morgan fingerprint density at radius 2 is 1.65 bits per heavy atom. The van der Waals surface area contributed by atoms with Gasteiger partial charge >= 0.3 is 0 Å². The van der Waals surface area contributed by atoms with Gasteiger partial charge in [0, 0.05) is 11.4 Å². The predicted molar refractivity (Wildman–Crippen MR) is 97.2 cm³/mol. The van der Waals surface area contributed by atoms with E-state index in [0.717, 1.165) is 11.3 Å². The Morgan fingerprint density at radius 1 is 0.962 bits per heavy atom. The topological polar surface area (TPSA) is 56.1 Å². The first-order valence-electron chi connectivity index (χ1n) is 8.12. The summed E-state index contributed by atoms with van der Waals surface area (Å²) in [4.78, 5) is 14.7. The van der Waals surface area contributed by atoms with Crippen LogP contribution in [0, 0.1) is 17.1 Å². The molecule has 0 saturated heterocycles. The van der Waals surface area contributed by atoms with Gasteiger partial charge in [0.15, 0.2) is 0 Å². The Hall–Kier alpha value is -3.65. The van der Waals surface area contributed by atoms with Gasteiger partial charge in [0.25, 0.3) is 5.91 Å². The van der Waals surface area contributed by atoms with Crippen LogP contribution in [0.4, 0.5) is 15.8 Å². The fourth-order valence-corrected chi connectivity index (χ4v) is 3.09. The third-order valence-electron chi connectivity index (χ3n) is 4.39. The highest BCUT2D eigenvalue weighted by atomic mass is 19.1. The zero-order valence-corrected chi connectivity index (χ0v) is 13.7. The van der Waals surface area contributed by atoms with Crippen LogP contribution in [0.5, 0.6) is 0 Å². The molecular weight excluding hydrogens is 329 g/mol. The predicted octanol–water partition coefficient (Wildman–Crippen LogP) is 4.47. The molecule has 0 unspecified atom stereocenters. The van der Waals surface area contributed by atoms with Crippen molar-refractivity contribution >= 4 is 17.3 Å². The Labute approximate surface area is 150 Å². The molecule has 1 N–H and O–H groups in total. The minimum atomic E-state index is -0.462. The molecule has 0 aliphatic carbocycles. The molecule has 1 aliphatic heterocycles. The Balaban J connectivity index is 1.84. The zero-order valence-electron chi connectivity index (χ0n) is 13.7. The number of para-hydroxylation sites is 1. The number of hydrogen-bond donors (Lipinski definition) is 1. The average molecular weight is 343 g/mol. The van der Waals surface area contributed by atoms with Crippen molar-refractivity contribution < 1.29 is 9.18 Å². The van der Waals surface area contributed by atoms with E-state index in [1.165, 1.54) is 12.1 Å². The van der Waals surface area contributed by atoms with Crippen LogP contribution in [-0.4, -0.2) is 5.91 Å². The molecule has 4 nitrogen and oxygen atoms in total. The van der Waals surface area contributed by atoms with Crippen molar-refractivity contribution in [3.05, 3.63) is 95.3 Å². The molecule has 26 heavy (non-hydrogen) atoms. The van der Waals surface area contributed by atoms with Gasteiger partial charge in [-0.3, -0.25) is 9.69 Å². The van der Waals surface area contributed by atoms with Crippen molar-refractivity contribution in [2.75, 3.05) is 10.2 Å². The molecule has 5 heteroatoms. The van der Waals surface area contributed by atoms with Gasteiger partial charge in [0.2, 0.25) is 0 Å². The summed E-state index contributed by atoms with van der Waals surface area (Å²) in [7, 11) is 0. The van der Waals surface area contributed by atoms with E-state index < -0.39 is 6.17 Å². The lowest BCUT2D eigenvalue weighted by Crippen LogP contribution is -2.43. The Bertz CT molecular complexity index is 1010. The minimum absolute atomic E-state index is 0.166. The first kappa shape index (κ1) is 15.9. The van der Waals surface area contributed by atoms with Gasteiger partial charge in [0.1, 0.15) is 12.0 Å². The monoisotopic (exact) mass is 343 g/mol. The van der Waals surface area contributed by atoms with Gasteiger partial charge in [-0.2, -0.15) is 5.26 Å². The number of halogens is 1. The molecule has 1 aliphatic rings. The van der Waals surface area contributed by atoms with Crippen LogP contribution in [-0.2, 0) is 0 Å². The van der Waals surface area contributed by atoms with E-state index in [4.69, 9.17) is 5.26 Å². The molecule has 1 heterocycles. The second-order valence-corrected chi connectivity index (χ2v) is 5.98. The van der Waals surface area contributed by atoms with E-state index in [0.29, 0.717) is 16.8 Å². The second-order valence-electron chi connectivity index (χ2n) is 5.98. The summed E-state index contributed by atoms with van der Waals surface area (Å²) < 4.78 is 13.3. The zero-order chi connectivity index (χ0) is 18.1. The number of carbonyl (C=O) groups is 1. The highest BCUT2D eigenvalue weighted by molar-refractivity contribution is 6.12. The standard InChI is InChI=1S/C21H14FN3O/c22-16-9-11-17(12-10-16)25-20(15-7-5-14(13-23)6-8-15)24-19-4-2-1-3-18(19)21(25)26/h1-12,20,24H/t20-/m0/s1. The van der Waals surface area contributed by atoms with E-state index in [2.05, 4.69) is 11.4 Å². The van der Waals surface area contributed by atoms with Crippen molar-refractivity contribution in [2.24, 2.45) is 0 Å². The number of amides is 1. The summed E-state index contributed by atoms with van der Waals surface area (Å²) in [6.45, 7) is 0. The summed E-state index contributed by atoms with van der Waals surface area (Å²) in [5.41, 5.74) is 3.26. The molecule has 1 amide bonds. The summed E-state index contributed by atoms with van der Waals surface area (Å²) in [5.74, 6) is -0.526. The molecule has 126 valence electrons. The maximum Gasteiger partial charge on any atom is 0.262 e. The highest BCUT2D eigenvalue weighted by Crippen LogP contribution is 2.36. The normalized spacial score (nSPS) is 15.8. The van der Waals surface area contributed by atoms with Gasteiger partial charge < -0.3 is 5.32 Å². The quantitative estimate of drug-likeness (QED) is 0.747. The number of nitrogens with one attached hydrogen (secondary N) is 1. The summed E-state index contributed by atoms with van der Waals surface area (Å²) in [6, 6.07) is 22.3. The number of carbonyl (C=O) groups excluding carboxylic acids is 1. The number of nitriles is 1. The smallest absolute Gasteiger partial charge is 0.262 e. The number of benzene rings is 3. The number of nitrogens with zero attached hydrogens (tertiary/aromatic N) is 2. The summed E-state index contributed by atoms with van der Waals surface area (Å²) >= 11 is 0. The van der Waals surface area contributed by atoms with Crippen molar-refractivity contribution in [3.63, 3.8) is 0 Å². The SMILES string of the molecule is N#Cc1ccc([C@H]2Nc3ccccc3C(=O)N2c2ccc(F)cc2)cc1. The van der Waals surface area contributed by atoms with Gasteiger partial charge in [-0.05, 0) is 54.1 Å². The van der Waals surface area contributed by atoms with E-state index in [1.807, 2.05) is 30.3 Å². The van der Waals surface area contributed by atoms with Crippen molar-refractivity contribution in [3.8, 4) is 6.07 Å². The number of fused-ring (bicyclic) bond motifs is 1. The third-order valence-corrected chi connectivity index (χ3v) is 4.39. The first-order chi connectivity index (χ1) is 12.7. The molecule has 0 spiro atoms. The molecule has 1 atom stereocenters. The van der Waals surface area contributed by atoms with Crippen LogP contribution in [0.25, 0.3) is 0 Å². The van der Waals surface area contributed by atoms with Crippen LogP contribution in [0.3, 0.4) is 0 Å². The van der Waals surface area contributed by atoms with Gasteiger partial charge in [-0.1, -0.05) is 24.3 Å². The molecule has 0 bridgehead atoms. The maximum atomic E-state index is 13.3. The highest BCUT2D eigenvalue weighted by Gasteiger charge is 2.33. The number of rotatable bonds is 2. The van der Waals surface area contributed by atoms with Crippen LogP contribution >= 0.6 is 0 Å². The van der Waals surface area contributed by atoms with Crippen LogP contribution < -0.4 is 10.2 Å². The van der Waals surface area contributed by atoms with E-state index in [9.17, 15) is 9.18 Å².